The molecule has 0 atom stereocenters. The Morgan fingerprint density at radius 2 is 2.05 bits per heavy atom. The summed E-state index contributed by atoms with van der Waals surface area (Å²) in [6.45, 7) is 3.17. The van der Waals surface area contributed by atoms with Gasteiger partial charge in [0.2, 0.25) is 0 Å². The van der Waals surface area contributed by atoms with Crippen LogP contribution in [0.2, 0.25) is 0 Å². The lowest BCUT2D eigenvalue weighted by molar-refractivity contribution is -0.385. The Morgan fingerprint density at radius 3 is 2.60 bits per heavy atom. The van der Waals surface area contributed by atoms with E-state index in [2.05, 4.69) is 5.32 Å². The minimum absolute atomic E-state index is 0.0564. The highest BCUT2D eigenvalue weighted by molar-refractivity contribution is 5.45. The predicted octanol–water partition coefficient (Wildman–Crippen LogP) is 2.99. The van der Waals surface area contributed by atoms with Crippen molar-refractivity contribution < 1.29 is 22.8 Å². The monoisotopic (exact) mass is 292 g/mol. The van der Waals surface area contributed by atoms with Crippen molar-refractivity contribution in [3.63, 3.8) is 0 Å². The molecule has 1 aromatic carbocycles. The van der Waals surface area contributed by atoms with E-state index in [1.165, 1.54) is 0 Å². The standard InChI is InChI=1S/C12H15F3N2O3/c1-2-5-16-6-7-20-11-4-3-9(17(18)19)8-10(11)12(13,14)15/h3-4,8,16H,2,5-7H2,1H3. The summed E-state index contributed by atoms with van der Waals surface area (Å²) in [6, 6.07) is 2.44. The second kappa shape index (κ2) is 7.09. The summed E-state index contributed by atoms with van der Waals surface area (Å²) in [6.07, 6.45) is -3.79. The maximum atomic E-state index is 12.8. The van der Waals surface area contributed by atoms with Gasteiger partial charge < -0.3 is 10.1 Å². The molecule has 0 amide bonds. The van der Waals surface area contributed by atoms with Gasteiger partial charge in [-0.1, -0.05) is 6.92 Å². The fourth-order valence-corrected chi connectivity index (χ4v) is 1.51. The third-order valence-electron chi connectivity index (χ3n) is 2.44. The number of rotatable bonds is 7. The molecule has 1 aromatic rings. The summed E-state index contributed by atoms with van der Waals surface area (Å²) in [5, 5.41) is 13.5. The summed E-state index contributed by atoms with van der Waals surface area (Å²) < 4.78 is 43.5. The highest BCUT2D eigenvalue weighted by Gasteiger charge is 2.36. The van der Waals surface area contributed by atoms with Crippen molar-refractivity contribution in [1.29, 1.82) is 0 Å². The van der Waals surface area contributed by atoms with Gasteiger partial charge in [0.25, 0.3) is 5.69 Å². The van der Waals surface area contributed by atoms with E-state index < -0.39 is 28.1 Å². The van der Waals surface area contributed by atoms with Crippen molar-refractivity contribution in [3.8, 4) is 5.75 Å². The molecule has 0 saturated heterocycles. The average Bonchev–Trinajstić information content (AvgIpc) is 2.37. The molecule has 0 unspecified atom stereocenters. The minimum Gasteiger partial charge on any atom is -0.492 e. The van der Waals surface area contributed by atoms with Gasteiger partial charge in [0.05, 0.1) is 4.92 Å². The second-order valence-electron chi connectivity index (χ2n) is 4.03. The number of ether oxygens (including phenoxy) is 1. The van der Waals surface area contributed by atoms with Crippen LogP contribution in [-0.4, -0.2) is 24.6 Å². The number of halogens is 3. The predicted molar refractivity (Wildman–Crippen MR) is 66.8 cm³/mol. The van der Waals surface area contributed by atoms with E-state index in [0.29, 0.717) is 12.6 Å². The molecule has 1 N–H and O–H groups in total. The van der Waals surface area contributed by atoms with Crippen LogP contribution < -0.4 is 10.1 Å². The van der Waals surface area contributed by atoms with E-state index in [4.69, 9.17) is 4.74 Å². The number of hydrogen-bond donors (Lipinski definition) is 1. The normalized spacial score (nSPS) is 11.4. The lowest BCUT2D eigenvalue weighted by Crippen LogP contribution is -2.22. The van der Waals surface area contributed by atoms with Crippen molar-refractivity contribution in [3.05, 3.63) is 33.9 Å². The Labute approximate surface area is 113 Å². The van der Waals surface area contributed by atoms with Crippen molar-refractivity contribution >= 4 is 5.69 Å². The molecular weight excluding hydrogens is 277 g/mol. The van der Waals surface area contributed by atoms with Gasteiger partial charge >= 0.3 is 6.18 Å². The van der Waals surface area contributed by atoms with E-state index in [1.807, 2.05) is 6.92 Å². The number of hydrogen-bond acceptors (Lipinski definition) is 4. The molecule has 0 bridgehead atoms. The van der Waals surface area contributed by atoms with Crippen LogP contribution in [0.3, 0.4) is 0 Å². The van der Waals surface area contributed by atoms with Crippen LogP contribution in [0.25, 0.3) is 0 Å². The minimum atomic E-state index is -4.70. The van der Waals surface area contributed by atoms with E-state index in [9.17, 15) is 23.3 Å². The molecule has 0 saturated carbocycles. The number of non-ortho nitro benzene ring substituents is 1. The zero-order valence-corrected chi connectivity index (χ0v) is 10.9. The van der Waals surface area contributed by atoms with Crippen molar-refractivity contribution in [2.24, 2.45) is 0 Å². The summed E-state index contributed by atoms with van der Waals surface area (Å²) in [4.78, 5) is 9.64. The molecule has 0 aromatic heterocycles. The molecule has 0 aliphatic rings. The number of nitro benzene ring substituents is 1. The van der Waals surface area contributed by atoms with Crippen LogP contribution in [0.15, 0.2) is 18.2 Å². The molecule has 8 heteroatoms. The van der Waals surface area contributed by atoms with E-state index >= 15 is 0 Å². The molecule has 0 aliphatic heterocycles. The smallest absolute Gasteiger partial charge is 0.420 e. The third kappa shape index (κ3) is 4.69. The van der Waals surface area contributed by atoms with Gasteiger partial charge in [-0.3, -0.25) is 10.1 Å². The molecule has 0 radical (unpaired) electrons. The number of nitrogens with one attached hydrogen (secondary N) is 1. The van der Waals surface area contributed by atoms with Crippen molar-refractivity contribution in [2.45, 2.75) is 19.5 Å². The highest BCUT2D eigenvalue weighted by Crippen LogP contribution is 2.38. The first-order valence-electron chi connectivity index (χ1n) is 6.05. The molecule has 0 spiro atoms. The molecule has 5 nitrogen and oxygen atoms in total. The summed E-state index contributed by atoms with van der Waals surface area (Å²) >= 11 is 0. The second-order valence-corrected chi connectivity index (χ2v) is 4.03. The van der Waals surface area contributed by atoms with Gasteiger partial charge in [-0.15, -0.1) is 0 Å². The first kappa shape index (κ1) is 16.2. The highest BCUT2D eigenvalue weighted by atomic mass is 19.4. The van der Waals surface area contributed by atoms with Crippen LogP contribution in [-0.2, 0) is 6.18 Å². The average molecular weight is 292 g/mol. The first-order valence-corrected chi connectivity index (χ1v) is 6.05. The van der Waals surface area contributed by atoms with Crippen LogP contribution in [0, 0.1) is 10.1 Å². The van der Waals surface area contributed by atoms with Gasteiger partial charge in [-0.05, 0) is 19.0 Å². The Hall–Kier alpha value is -1.83. The Bertz CT molecular complexity index is 464. The van der Waals surface area contributed by atoms with Crippen molar-refractivity contribution in [2.75, 3.05) is 19.7 Å². The lowest BCUT2D eigenvalue weighted by Gasteiger charge is -2.13. The summed E-state index contributed by atoms with van der Waals surface area (Å²) in [5.74, 6) is -0.401. The Kier molecular flexibility index (Phi) is 5.75. The lowest BCUT2D eigenvalue weighted by atomic mass is 10.1. The number of benzene rings is 1. The zero-order valence-electron chi connectivity index (χ0n) is 10.9. The maximum Gasteiger partial charge on any atom is 0.420 e. The van der Waals surface area contributed by atoms with Gasteiger partial charge in [0, 0.05) is 18.7 Å². The number of alkyl halides is 3. The quantitative estimate of drug-likeness (QED) is 0.476. The van der Waals surface area contributed by atoms with Gasteiger partial charge in [-0.2, -0.15) is 13.2 Å². The third-order valence-corrected chi connectivity index (χ3v) is 2.44. The van der Waals surface area contributed by atoms with Gasteiger partial charge in [0.1, 0.15) is 17.9 Å². The molecule has 0 fully saturated rings. The zero-order chi connectivity index (χ0) is 15.2. The van der Waals surface area contributed by atoms with E-state index in [1.54, 1.807) is 0 Å². The van der Waals surface area contributed by atoms with Crippen LogP contribution >= 0.6 is 0 Å². The maximum absolute atomic E-state index is 12.8. The Balaban J connectivity index is 2.81. The number of nitro groups is 1. The molecule has 112 valence electrons. The van der Waals surface area contributed by atoms with Crippen molar-refractivity contribution in [1.82, 2.24) is 5.32 Å². The molecule has 20 heavy (non-hydrogen) atoms. The van der Waals surface area contributed by atoms with Crippen LogP contribution in [0.4, 0.5) is 18.9 Å². The summed E-state index contributed by atoms with van der Waals surface area (Å²) in [7, 11) is 0. The van der Waals surface area contributed by atoms with Crippen LogP contribution in [0.5, 0.6) is 5.75 Å². The topological polar surface area (TPSA) is 64.4 Å². The largest absolute Gasteiger partial charge is 0.492 e. The van der Waals surface area contributed by atoms with Crippen LogP contribution in [0.1, 0.15) is 18.9 Å². The van der Waals surface area contributed by atoms with E-state index in [-0.39, 0.29) is 6.61 Å². The molecule has 1 rings (SSSR count). The molecule has 0 aliphatic carbocycles. The number of nitrogens with zero attached hydrogens (tertiary/aromatic N) is 1. The van der Waals surface area contributed by atoms with Gasteiger partial charge in [-0.25, -0.2) is 0 Å². The first-order chi connectivity index (χ1) is 9.36. The SMILES string of the molecule is CCCNCCOc1ccc([N+](=O)[O-])cc1C(F)(F)F. The summed E-state index contributed by atoms with van der Waals surface area (Å²) in [5.41, 5.74) is -1.75. The Morgan fingerprint density at radius 1 is 1.35 bits per heavy atom. The van der Waals surface area contributed by atoms with E-state index in [0.717, 1.165) is 25.1 Å². The van der Waals surface area contributed by atoms with Gasteiger partial charge in [0.15, 0.2) is 0 Å². The fourth-order valence-electron chi connectivity index (χ4n) is 1.51. The molecule has 0 heterocycles. The fraction of sp³-hybridized carbons (Fsp3) is 0.500. The molecular formula is C12H15F3N2O3.